The van der Waals surface area contributed by atoms with Crippen LogP contribution in [0.1, 0.15) is 16.2 Å². The molecule has 1 heterocycles. The number of para-hydroxylation sites is 1. The molecule has 0 bridgehead atoms. The maximum Gasteiger partial charge on any atom is 0.342 e. The lowest BCUT2D eigenvalue weighted by Crippen LogP contribution is -2.26. The van der Waals surface area contributed by atoms with E-state index in [2.05, 4.69) is 4.98 Å². The first-order valence-corrected chi connectivity index (χ1v) is 8.87. The summed E-state index contributed by atoms with van der Waals surface area (Å²) in [6.07, 6.45) is 0. The summed E-state index contributed by atoms with van der Waals surface area (Å²) >= 11 is 0. The average Bonchev–Trinajstić information content (AvgIpc) is 2.78. The van der Waals surface area contributed by atoms with Crippen molar-refractivity contribution in [2.75, 3.05) is 21.3 Å². The van der Waals surface area contributed by atoms with Crippen LogP contribution in [0.2, 0.25) is 0 Å². The van der Waals surface area contributed by atoms with Gasteiger partial charge in [-0.15, -0.1) is 0 Å². The zero-order valence-electron chi connectivity index (χ0n) is 16.7. The summed E-state index contributed by atoms with van der Waals surface area (Å²) in [6.45, 7) is -0.526. The number of benzene rings is 2. The predicted molar refractivity (Wildman–Crippen MR) is 107 cm³/mol. The largest absolute Gasteiger partial charge is 0.493 e. The Balaban J connectivity index is 1.95. The molecule has 0 aliphatic carbocycles. The lowest BCUT2D eigenvalue weighted by Gasteiger charge is -2.15. The molecule has 3 rings (SSSR count). The number of carbonyl (C=O) groups excluding carboxylic acids is 1. The van der Waals surface area contributed by atoms with E-state index in [1.807, 2.05) is 6.07 Å². The first-order valence-electron chi connectivity index (χ1n) is 8.87. The molecule has 0 amide bonds. The molecule has 1 aromatic heterocycles. The molecule has 154 valence electrons. The number of nitrogens with zero attached hydrogens (tertiary/aromatic N) is 3. The minimum absolute atomic E-state index is 0.116. The quantitative estimate of drug-likeness (QED) is 0.546. The van der Waals surface area contributed by atoms with Gasteiger partial charge in [0.1, 0.15) is 18.7 Å². The molecular weight excluding hydrogens is 390 g/mol. The average molecular weight is 409 g/mol. The second-order valence-electron chi connectivity index (χ2n) is 6.05. The molecule has 2 aromatic carbocycles. The Morgan fingerprint density at radius 1 is 1.07 bits per heavy atom. The van der Waals surface area contributed by atoms with E-state index in [1.54, 1.807) is 30.3 Å². The summed E-state index contributed by atoms with van der Waals surface area (Å²) in [6, 6.07) is 11.7. The monoisotopic (exact) mass is 409 g/mol. The maximum atomic E-state index is 12.7. The first kappa shape index (κ1) is 20.7. The normalized spacial score (nSPS) is 10.3. The SMILES string of the molecule is COc1ccc(C(=O)OCc2nc3ccccc3c(=O)n2CC#N)c(OC)c1OC. The molecule has 0 atom stereocenters. The number of hydrogen-bond acceptors (Lipinski definition) is 8. The van der Waals surface area contributed by atoms with E-state index < -0.39 is 5.97 Å². The smallest absolute Gasteiger partial charge is 0.342 e. The van der Waals surface area contributed by atoms with Crippen LogP contribution in [-0.4, -0.2) is 36.8 Å². The van der Waals surface area contributed by atoms with Crippen molar-refractivity contribution in [1.82, 2.24) is 9.55 Å². The van der Waals surface area contributed by atoms with Crippen LogP contribution in [-0.2, 0) is 17.9 Å². The van der Waals surface area contributed by atoms with Gasteiger partial charge in [0.25, 0.3) is 5.56 Å². The van der Waals surface area contributed by atoms with Crippen molar-refractivity contribution >= 4 is 16.9 Å². The molecule has 30 heavy (non-hydrogen) atoms. The number of carbonyl (C=O) groups is 1. The second-order valence-corrected chi connectivity index (χ2v) is 6.05. The molecule has 0 aliphatic rings. The number of hydrogen-bond donors (Lipinski definition) is 0. The maximum absolute atomic E-state index is 12.7. The number of nitriles is 1. The third-order valence-electron chi connectivity index (χ3n) is 4.43. The van der Waals surface area contributed by atoms with Crippen molar-refractivity contribution in [2.24, 2.45) is 0 Å². The van der Waals surface area contributed by atoms with Gasteiger partial charge in [-0.25, -0.2) is 9.78 Å². The predicted octanol–water partition coefficient (Wildman–Crippen LogP) is 2.30. The Bertz CT molecular complexity index is 1200. The molecule has 9 nitrogen and oxygen atoms in total. The van der Waals surface area contributed by atoms with Crippen molar-refractivity contribution in [3.05, 3.63) is 58.1 Å². The highest BCUT2D eigenvalue weighted by atomic mass is 16.5. The highest BCUT2D eigenvalue weighted by Crippen LogP contribution is 2.40. The zero-order chi connectivity index (χ0) is 21.7. The Kier molecular flexibility index (Phi) is 6.17. The lowest BCUT2D eigenvalue weighted by atomic mass is 10.1. The van der Waals surface area contributed by atoms with Gasteiger partial charge in [-0.2, -0.15) is 5.26 Å². The lowest BCUT2D eigenvalue weighted by molar-refractivity contribution is 0.0453. The van der Waals surface area contributed by atoms with E-state index in [0.717, 1.165) is 0 Å². The molecule has 3 aromatic rings. The first-order chi connectivity index (χ1) is 14.5. The molecular formula is C21H19N3O6. The van der Waals surface area contributed by atoms with Crippen molar-refractivity contribution in [2.45, 2.75) is 13.2 Å². The van der Waals surface area contributed by atoms with Crippen LogP contribution < -0.4 is 19.8 Å². The Morgan fingerprint density at radius 3 is 2.47 bits per heavy atom. The minimum Gasteiger partial charge on any atom is -0.493 e. The van der Waals surface area contributed by atoms with E-state index in [9.17, 15) is 9.59 Å². The van der Waals surface area contributed by atoms with Crippen LogP contribution in [0.5, 0.6) is 17.2 Å². The third-order valence-corrected chi connectivity index (χ3v) is 4.43. The third kappa shape index (κ3) is 3.75. The van der Waals surface area contributed by atoms with E-state index >= 15 is 0 Å². The van der Waals surface area contributed by atoms with E-state index in [4.69, 9.17) is 24.2 Å². The number of methoxy groups -OCH3 is 3. The summed E-state index contributed by atoms with van der Waals surface area (Å²) in [4.78, 5) is 29.8. The van der Waals surface area contributed by atoms with E-state index in [1.165, 1.54) is 32.0 Å². The Hall–Kier alpha value is -4.06. The molecule has 0 unspecified atom stereocenters. The van der Waals surface area contributed by atoms with Crippen LogP contribution in [0.4, 0.5) is 0 Å². The van der Waals surface area contributed by atoms with Gasteiger partial charge in [0.15, 0.2) is 17.3 Å². The van der Waals surface area contributed by atoms with Gasteiger partial charge < -0.3 is 18.9 Å². The van der Waals surface area contributed by atoms with Gasteiger partial charge in [-0.1, -0.05) is 12.1 Å². The van der Waals surface area contributed by atoms with Crippen molar-refractivity contribution < 1.29 is 23.7 Å². The van der Waals surface area contributed by atoms with Gasteiger partial charge in [-0.3, -0.25) is 9.36 Å². The molecule has 0 N–H and O–H groups in total. The van der Waals surface area contributed by atoms with Crippen LogP contribution in [0.3, 0.4) is 0 Å². The van der Waals surface area contributed by atoms with Gasteiger partial charge >= 0.3 is 5.97 Å². The summed E-state index contributed by atoms with van der Waals surface area (Å²) in [7, 11) is 4.29. The topological polar surface area (TPSA) is 113 Å². The summed E-state index contributed by atoms with van der Waals surface area (Å²) < 4.78 is 22.3. The Labute approximate surface area is 172 Å². The minimum atomic E-state index is -0.710. The summed E-state index contributed by atoms with van der Waals surface area (Å²) in [5.74, 6) is 0.249. The zero-order valence-corrected chi connectivity index (χ0v) is 16.7. The fourth-order valence-electron chi connectivity index (χ4n) is 3.03. The fraction of sp³-hybridized carbons (Fsp3) is 0.238. The second kappa shape index (κ2) is 8.96. The van der Waals surface area contributed by atoms with Gasteiger partial charge in [0.2, 0.25) is 5.75 Å². The van der Waals surface area contributed by atoms with Crippen molar-refractivity contribution in [1.29, 1.82) is 5.26 Å². The number of rotatable bonds is 7. The van der Waals surface area contributed by atoms with Gasteiger partial charge in [0.05, 0.1) is 38.3 Å². The molecule has 0 spiro atoms. The number of esters is 1. The van der Waals surface area contributed by atoms with Gasteiger partial charge in [-0.05, 0) is 24.3 Å². The molecule has 9 heteroatoms. The van der Waals surface area contributed by atoms with Crippen LogP contribution in [0, 0.1) is 11.3 Å². The number of fused-ring (bicyclic) bond motifs is 1. The van der Waals surface area contributed by atoms with Crippen molar-refractivity contribution in [3.8, 4) is 23.3 Å². The fourth-order valence-corrected chi connectivity index (χ4v) is 3.03. The van der Waals surface area contributed by atoms with Crippen molar-refractivity contribution in [3.63, 3.8) is 0 Å². The highest BCUT2D eigenvalue weighted by Gasteiger charge is 2.22. The molecule has 0 radical (unpaired) electrons. The molecule has 0 saturated heterocycles. The van der Waals surface area contributed by atoms with Crippen LogP contribution >= 0.6 is 0 Å². The Morgan fingerprint density at radius 2 is 1.80 bits per heavy atom. The summed E-state index contributed by atoms with van der Waals surface area (Å²) in [5.41, 5.74) is 0.188. The molecule has 0 saturated carbocycles. The number of aromatic nitrogens is 2. The summed E-state index contributed by atoms with van der Waals surface area (Å²) in [5, 5.41) is 9.46. The standard InChI is InChI=1S/C21H19N3O6/c1-27-16-9-8-14(18(28-2)19(16)29-3)21(26)30-12-17-23-15-7-5-4-6-13(15)20(25)24(17)11-10-22/h4-9H,11-12H2,1-3H3. The molecule has 0 fully saturated rings. The van der Waals surface area contributed by atoms with E-state index in [0.29, 0.717) is 16.7 Å². The van der Waals surface area contributed by atoms with Crippen LogP contribution in [0.15, 0.2) is 41.2 Å². The molecule has 0 aliphatic heterocycles. The van der Waals surface area contributed by atoms with E-state index in [-0.39, 0.29) is 41.6 Å². The van der Waals surface area contributed by atoms with Gasteiger partial charge in [0, 0.05) is 0 Å². The number of ether oxygens (including phenoxy) is 4. The highest BCUT2D eigenvalue weighted by molar-refractivity contribution is 5.94. The van der Waals surface area contributed by atoms with Crippen LogP contribution in [0.25, 0.3) is 10.9 Å².